The van der Waals surface area contributed by atoms with Crippen LogP contribution in [0, 0.1) is 0 Å². The topological polar surface area (TPSA) is 122 Å². The number of likely N-dealkylation sites (N-methyl/N-ethyl adjacent to an activating group) is 1. The second-order valence-corrected chi connectivity index (χ2v) is 12.0. The van der Waals surface area contributed by atoms with Crippen LogP contribution in [0.1, 0.15) is 44.7 Å². The molecule has 0 bridgehead atoms. The molecule has 1 unspecified atom stereocenters. The summed E-state index contributed by atoms with van der Waals surface area (Å²) >= 11 is 0. The number of halogens is 2. The van der Waals surface area contributed by atoms with Gasteiger partial charge in [0.2, 0.25) is 11.8 Å². The van der Waals surface area contributed by atoms with E-state index in [1.807, 2.05) is 91.9 Å². The van der Waals surface area contributed by atoms with E-state index < -0.39 is 28.9 Å². The number of nitrogens with two attached hydrogens (primary N) is 1. The van der Waals surface area contributed by atoms with Crippen molar-refractivity contribution >= 4 is 48.4 Å². The van der Waals surface area contributed by atoms with Crippen molar-refractivity contribution < 1.29 is 14.4 Å². The van der Waals surface area contributed by atoms with Crippen LogP contribution in [-0.2, 0) is 26.3 Å². The van der Waals surface area contributed by atoms with Crippen molar-refractivity contribution in [2.45, 2.75) is 57.2 Å². The Kier molecular flexibility index (Phi) is 13.6. The van der Waals surface area contributed by atoms with Crippen LogP contribution in [0.2, 0.25) is 0 Å². The van der Waals surface area contributed by atoms with Crippen LogP contribution in [0.4, 0.5) is 5.82 Å². The average Bonchev–Trinajstić information content (AvgIpc) is 3.49. The molecule has 0 fully saturated rings. The van der Waals surface area contributed by atoms with Crippen molar-refractivity contribution in [3.05, 3.63) is 109 Å². The number of carbonyl (C=O) groups excluding carboxylic acids is 3. The van der Waals surface area contributed by atoms with Crippen molar-refractivity contribution in [2.75, 3.05) is 19.4 Å². The Morgan fingerprint density at radius 2 is 1.43 bits per heavy atom. The Hall–Kier alpha value is -4.18. The first-order valence-electron chi connectivity index (χ1n) is 14.8. The third kappa shape index (κ3) is 9.19. The standard InChI is InChI=1S/C35H42N6O3.2ClH/c1-34(2,36)32(43)38-29(18-12-15-25-13-8-6-9-14-25)31(42)39-30-23-41(24-37-30)35(3,33(44)40(4)5)28-21-19-27(20-22-28)26-16-10-7-11-17-26;;/h6-11,13-14,16-17,19-24,29H,12,15,18,36H2,1-5H3,(H,38,43)(H,39,42);2*1H/t29-,35?;;/m1../s1. The zero-order valence-electron chi connectivity index (χ0n) is 26.9. The Bertz CT molecular complexity index is 1570. The molecule has 0 aliphatic carbocycles. The zero-order valence-corrected chi connectivity index (χ0v) is 28.5. The van der Waals surface area contributed by atoms with Gasteiger partial charge in [-0.1, -0.05) is 84.9 Å². The third-order valence-electron chi connectivity index (χ3n) is 7.74. The van der Waals surface area contributed by atoms with Crippen LogP contribution in [-0.4, -0.2) is 57.8 Å². The van der Waals surface area contributed by atoms with Crippen LogP contribution < -0.4 is 16.4 Å². The van der Waals surface area contributed by atoms with Gasteiger partial charge in [-0.25, -0.2) is 4.98 Å². The molecule has 4 aromatic rings. The second kappa shape index (κ2) is 16.4. The number of amides is 3. The first-order chi connectivity index (χ1) is 20.9. The van der Waals surface area contributed by atoms with Crippen molar-refractivity contribution in [1.82, 2.24) is 19.8 Å². The molecule has 1 aromatic heterocycles. The molecule has 1 heterocycles. The maximum atomic E-state index is 13.6. The lowest BCUT2D eigenvalue weighted by atomic mass is 9.88. The molecule has 0 radical (unpaired) electrons. The first-order valence-corrected chi connectivity index (χ1v) is 14.8. The van der Waals surface area contributed by atoms with Crippen molar-refractivity contribution in [3.8, 4) is 11.1 Å². The Morgan fingerprint density at radius 3 is 2.00 bits per heavy atom. The van der Waals surface area contributed by atoms with E-state index in [-0.39, 0.29) is 36.5 Å². The van der Waals surface area contributed by atoms with Crippen LogP contribution in [0.15, 0.2) is 97.5 Å². The van der Waals surface area contributed by atoms with Gasteiger partial charge in [0.25, 0.3) is 5.91 Å². The minimum Gasteiger partial charge on any atom is -0.346 e. The van der Waals surface area contributed by atoms with Gasteiger partial charge < -0.3 is 25.8 Å². The molecule has 246 valence electrons. The maximum absolute atomic E-state index is 13.6. The number of imidazole rings is 1. The molecule has 4 rings (SSSR count). The number of hydrogen-bond acceptors (Lipinski definition) is 5. The molecule has 0 aliphatic rings. The van der Waals surface area contributed by atoms with Gasteiger partial charge in [-0.3, -0.25) is 14.4 Å². The highest BCUT2D eigenvalue weighted by atomic mass is 35.5. The summed E-state index contributed by atoms with van der Waals surface area (Å²) in [4.78, 5) is 45.8. The molecule has 0 saturated heterocycles. The van der Waals surface area contributed by atoms with E-state index in [2.05, 4.69) is 15.6 Å². The Balaban J connectivity index is 0.00000368. The molecule has 9 nitrogen and oxygen atoms in total. The summed E-state index contributed by atoms with van der Waals surface area (Å²) in [7, 11) is 3.42. The molecule has 0 saturated carbocycles. The second-order valence-electron chi connectivity index (χ2n) is 12.0. The maximum Gasteiger partial charge on any atom is 0.252 e. The number of nitrogens with one attached hydrogen (secondary N) is 2. The summed E-state index contributed by atoms with van der Waals surface area (Å²) in [6.45, 7) is 5.02. The fourth-order valence-electron chi connectivity index (χ4n) is 5.05. The molecule has 11 heteroatoms. The Labute approximate surface area is 283 Å². The average molecular weight is 668 g/mol. The van der Waals surface area contributed by atoms with Gasteiger partial charge in [0.1, 0.15) is 11.6 Å². The predicted octanol–water partition coefficient (Wildman–Crippen LogP) is 5.43. The number of rotatable bonds is 12. The highest BCUT2D eigenvalue weighted by Gasteiger charge is 2.39. The highest BCUT2D eigenvalue weighted by molar-refractivity contribution is 5.98. The molecule has 3 aromatic carbocycles. The lowest BCUT2D eigenvalue weighted by molar-refractivity contribution is -0.135. The molecule has 4 N–H and O–H groups in total. The monoisotopic (exact) mass is 666 g/mol. The van der Waals surface area contributed by atoms with Crippen molar-refractivity contribution in [1.29, 1.82) is 0 Å². The summed E-state index contributed by atoms with van der Waals surface area (Å²) in [6.07, 6.45) is 5.02. The first kappa shape index (κ1) is 38.0. The number of aromatic nitrogens is 2. The van der Waals surface area contributed by atoms with E-state index in [4.69, 9.17) is 5.73 Å². The SMILES string of the molecule is CN(C)C(=O)C(C)(c1ccc(-c2ccccc2)cc1)n1cnc(NC(=O)[C@@H](CCCc2ccccc2)NC(=O)C(C)(C)N)c1.Cl.Cl. The summed E-state index contributed by atoms with van der Waals surface area (Å²) in [5, 5.41) is 5.65. The van der Waals surface area contributed by atoms with Gasteiger partial charge in [-0.15, -0.1) is 24.8 Å². The molecule has 3 amide bonds. The normalized spacial score (nSPS) is 12.8. The van der Waals surface area contributed by atoms with E-state index in [0.29, 0.717) is 12.8 Å². The van der Waals surface area contributed by atoms with Gasteiger partial charge in [-0.05, 0) is 62.3 Å². The van der Waals surface area contributed by atoms with E-state index in [0.717, 1.165) is 28.7 Å². The van der Waals surface area contributed by atoms with Gasteiger partial charge in [0.05, 0.1) is 11.9 Å². The molecule has 0 spiro atoms. The fraction of sp³-hybridized carbons (Fsp3) is 0.314. The summed E-state index contributed by atoms with van der Waals surface area (Å²) in [5.74, 6) is -0.723. The zero-order chi connectivity index (χ0) is 31.9. The number of nitrogens with zero attached hydrogens (tertiary/aromatic N) is 3. The quantitative estimate of drug-likeness (QED) is 0.186. The smallest absolute Gasteiger partial charge is 0.252 e. The molecule has 0 aliphatic heterocycles. The van der Waals surface area contributed by atoms with Crippen LogP contribution in [0.25, 0.3) is 11.1 Å². The number of carbonyl (C=O) groups is 3. The molecular weight excluding hydrogens is 623 g/mol. The minimum absolute atomic E-state index is 0. The van der Waals surface area contributed by atoms with E-state index in [1.54, 1.807) is 38.7 Å². The summed E-state index contributed by atoms with van der Waals surface area (Å²) in [5.41, 5.74) is 7.75. The van der Waals surface area contributed by atoms with Crippen molar-refractivity contribution in [2.24, 2.45) is 5.73 Å². The lowest BCUT2D eigenvalue weighted by Gasteiger charge is -2.33. The minimum atomic E-state index is -1.15. The largest absolute Gasteiger partial charge is 0.346 e. The summed E-state index contributed by atoms with van der Waals surface area (Å²) < 4.78 is 1.70. The summed E-state index contributed by atoms with van der Waals surface area (Å²) in [6, 6.07) is 27.0. The van der Waals surface area contributed by atoms with Gasteiger partial charge in [-0.2, -0.15) is 0 Å². The number of hydrogen-bond donors (Lipinski definition) is 3. The van der Waals surface area contributed by atoms with Crippen LogP contribution >= 0.6 is 24.8 Å². The van der Waals surface area contributed by atoms with E-state index in [9.17, 15) is 14.4 Å². The number of anilines is 1. The fourth-order valence-corrected chi connectivity index (χ4v) is 5.05. The molecular formula is C35H44Cl2N6O3. The van der Waals surface area contributed by atoms with Gasteiger partial charge >= 0.3 is 0 Å². The molecule has 2 atom stereocenters. The molecule has 46 heavy (non-hydrogen) atoms. The number of aryl methyl sites for hydroxylation is 1. The van der Waals surface area contributed by atoms with E-state index in [1.165, 1.54) is 11.2 Å². The van der Waals surface area contributed by atoms with Crippen LogP contribution in [0.3, 0.4) is 0 Å². The third-order valence-corrected chi connectivity index (χ3v) is 7.74. The van der Waals surface area contributed by atoms with E-state index >= 15 is 0 Å². The predicted molar refractivity (Wildman–Crippen MR) is 188 cm³/mol. The lowest BCUT2D eigenvalue weighted by Crippen LogP contribution is -2.54. The number of benzene rings is 3. The van der Waals surface area contributed by atoms with Gasteiger partial charge in [0, 0.05) is 20.3 Å². The van der Waals surface area contributed by atoms with Crippen molar-refractivity contribution in [3.63, 3.8) is 0 Å². The van der Waals surface area contributed by atoms with Gasteiger partial charge in [0.15, 0.2) is 5.82 Å². The highest BCUT2D eigenvalue weighted by Crippen LogP contribution is 2.31. The van der Waals surface area contributed by atoms with Crippen LogP contribution in [0.5, 0.6) is 0 Å². The Morgan fingerprint density at radius 1 is 0.870 bits per heavy atom.